The molecule has 23 heavy (non-hydrogen) atoms. The zero-order valence-electron chi connectivity index (χ0n) is 14.5. The van der Waals surface area contributed by atoms with Crippen LogP contribution in [0, 0.1) is 0 Å². The van der Waals surface area contributed by atoms with E-state index in [4.69, 9.17) is 9.47 Å². The fourth-order valence-corrected chi connectivity index (χ4v) is 4.29. The highest BCUT2D eigenvalue weighted by molar-refractivity contribution is 7.54. The Morgan fingerprint density at radius 3 is 2.57 bits per heavy atom. The first-order valence-corrected chi connectivity index (χ1v) is 9.98. The van der Waals surface area contributed by atoms with Crippen LogP contribution in [0.25, 0.3) is 0 Å². The molecule has 0 radical (unpaired) electrons. The lowest BCUT2D eigenvalue weighted by Gasteiger charge is -2.18. The molecule has 0 bridgehead atoms. The van der Waals surface area contributed by atoms with Gasteiger partial charge < -0.3 is 14.0 Å². The maximum atomic E-state index is 13.0. The van der Waals surface area contributed by atoms with Crippen molar-refractivity contribution in [3.05, 3.63) is 24.3 Å². The molecule has 0 aliphatic heterocycles. The number of esters is 1. The topological polar surface area (TPSA) is 52.6 Å². The van der Waals surface area contributed by atoms with Crippen LogP contribution in [0.2, 0.25) is 0 Å². The molecule has 130 valence electrons. The molecule has 4 nitrogen and oxygen atoms in total. The van der Waals surface area contributed by atoms with Crippen LogP contribution in [0.1, 0.15) is 52.9 Å². The Morgan fingerprint density at radius 1 is 1.17 bits per heavy atom. The molecule has 0 saturated carbocycles. The van der Waals surface area contributed by atoms with Crippen LogP contribution in [-0.4, -0.2) is 24.8 Å². The maximum absolute atomic E-state index is 13.0. The van der Waals surface area contributed by atoms with Gasteiger partial charge in [0, 0.05) is 12.6 Å². The largest absolute Gasteiger partial charge is 0.493 e. The van der Waals surface area contributed by atoms with Gasteiger partial charge >= 0.3 is 5.97 Å². The van der Waals surface area contributed by atoms with Gasteiger partial charge in [0.05, 0.1) is 11.9 Å². The quantitative estimate of drug-likeness (QED) is 0.345. The molecule has 0 amide bonds. The molecule has 0 heterocycles. The summed E-state index contributed by atoms with van der Waals surface area (Å²) in [6.45, 7) is 6.43. The first-order valence-electron chi connectivity index (χ1n) is 8.49. The van der Waals surface area contributed by atoms with Crippen molar-refractivity contribution < 1.29 is 18.8 Å². The number of hydrogen-bond acceptors (Lipinski definition) is 4. The summed E-state index contributed by atoms with van der Waals surface area (Å²) >= 11 is 0. The summed E-state index contributed by atoms with van der Waals surface area (Å²) in [5.74, 6) is 0.376. The molecule has 0 aliphatic rings. The SMILES string of the molecule is CCCCCOc1ccccc1[PH](=O)C(CCC)COC(C)=O. The van der Waals surface area contributed by atoms with Gasteiger partial charge in [-0.1, -0.05) is 45.2 Å². The third-order valence-electron chi connectivity index (χ3n) is 3.65. The van der Waals surface area contributed by atoms with Gasteiger partial charge in [-0.3, -0.25) is 4.79 Å². The van der Waals surface area contributed by atoms with Crippen LogP contribution < -0.4 is 10.0 Å². The predicted molar refractivity (Wildman–Crippen MR) is 95.4 cm³/mol. The molecule has 0 N–H and O–H groups in total. The number of para-hydroxylation sites is 1. The predicted octanol–water partition coefficient (Wildman–Crippen LogP) is 4.17. The molecule has 5 heteroatoms. The monoisotopic (exact) mass is 340 g/mol. The Hall–Kier alpha value is -1.28. The normalized spacial score (nSPS) is 13.3. The average molecular weight is 340 g/mol. The van der Waals surface area contributed by atoms with Gasteiger partial charge in [-0.05, 0) is 25.0 Å². The molecule has 0 aliphatic carbocycles. The summed E-state index contributed by atoms with van der Waals surface area (Å²) < 4.78 is 23.9. The first-order chi connectivity index (χ1) is 11.1. The van der Waals surface area contributed by atoms with Crippen LogP contribution in [0.15, 0.2) is 24.3 Å². The van der Waals surface area contributed by atoms with Gasteiger partial charge in [0.1, 0.15) is 20.2 Å². The lowest BCUT2D eigenvalue weighted by Crippen LogP contribution is -2.19. The molecular formula is C18H29O4P. The minimum Gasteiger partial charge on any atom is -0.493 e. The van der Waals surface area contributed by atoms with Gasteiger partial charge in [-0.15, -0.1) is 0 Å². The van der Waals surface area contributed by atoms with Crippen LogP contribution in [0.5, 0.6) is 5.75 Å². The zero-order chi connectivity index (χ0) is 17.1. The average Bonchev–Trinajstić information content (AvgIpc) is 2.55. The number of ether oxygens (including phenoxy) is 2. The van der Waals surface area contributed by atoms with E-state index in [1.807, 2.05) is 31.2 Å². The van der Waals surface area contributed by atoms with E-state index in [1.165, 1.54) is 6.92 Å². The Morgan fingerprint density at radius 2 is 1.91 bits per heavy atom. The van der Waals surface area contributed by atoms with Crippen LogP contribution >= 0.6 is 7.80 Å². The molecule has 0 saturated heterocycles. The van der Waals surface area contributed by atoms with E-state index in [9.17, 15) is 9.36 Å². The highest BCUT2D eigenvalue weighted by Gasteiger charge is 2.21. The van der Waals surface area contributed by atoms with Crippen molar-refractivity contribution in [1.82, 2.24) is 0 Å². The summed E-state index contributed by atoms with van der Waals surface area (Å²) in [4.78, 5) is 11.0. The minimum atomic E-state index is -2.09. The molecular weight excluding hydrogens is 311 g/mol. The van der Waals surface area contributed by atoms with E-state index >= 15 is 0 Å². The molecule has 0 fully saturated rings. The molecule has 1 aromatic rings. The molecule has 1 aromatic carbocycles. The third kappa shape index (κ3) is 7.22. The van der Waals surface area contributed by atoms with Gasteiger partial charge in [0.15, 0.2) is 0 Å². The van der Waals surface area contributed by atoms with Crippen molar-refractivity contribution in [2.24, 2.45) is 0 Å². The summed E-state index contributed by atoms with van der Waals surface area (Å²) in [5.41, 5.74) is -0.130. The van der Waals surface area contributed by atoms with Gasteiger partial charge in [-0.2, -0.15) is 0 Å². The highest BCUT2D eigenvalue weighted by Crippen LogP contribution is 2.34. The summed E-state index contributed by atoms with van der Waals surface area (Å²) in [7, 11) is -2.09. The van der Waals surface area contributed by atoms with Gasteiger partial charge in [-0.25, -0.2) is 0 Å². The fraction of sp³-hybridized carbons (Fsp3) is 0.611. The van der Waals surface area contributed by atoms with Crippen LogP contribution in [-0.2, 0) is 14.1 Å². The van der Waals surface area contributed by atoms with Gasteiger partial charge in [0.25, 0.3) is 0 Å². The molecule has 2 unspecified atom stereocenters. The standard InChI is InChI=1S/C18H29O4P/c1-4-6-9-13-21-17-11-7-8-12-18(17)23(20)16(10-5-2)14-22-15(3)19/h7-8,11-12,16,23H,4-6,9-10,13-14H2,1-3H3. The minimum absolute atomic E-state index is 0.130. The maximum Gasteiger partial charge on any atom is 0.302 e. The molecule has 0 aromatic heterocycles. The second-order valence-electron chi connectivity index (χ2n) is 5.70. The van der Waals surface area contributed by atoms with Crippen molar-refractivity contribution in [1.29, 1.82) is 0 Å². The fourth-order valence-electron chi connectivity index (χ4n) is 2.41. The first kappa shape index (κ1) is 19.8. The number of carbonyl (C=O) groups is 1. The molecule has 0 spiro atoms. The Kier molecular flexibility index (Phi) is 9.70. The number of carbonyl (C=O) groups excluding carboxylic acids is 1. The highest BCUT2D eigenvalue weighted by atomic mass is 31.1. The van der Waals surface area contributed by atoms with Crippen molar-refractivity contribution in [2.45, 2.75) is 58.5 Å². The second-order valence-corrected chi connectivity index (χ2v) is 7.79. The molecule has 1 rings (SSSR count). The van der Waals surface area contributed by atoms with E-state index in [-0.39, 0.29) is 18.2 Å². The third-order valence-corrected chi connectivity index (χ3v) is 5.79. The Bertz CT molecular complexity index is 502. The van der Waals surface area contributed by atoms with Crippen molar-refractivity contribution in [2.75, 3.05) is 13.2 Å². The molecule has 2 atom stereocenters. The van der Waals surface area contributed by atoms with Crippen LogP contribution in [0.4, 0.5) is 0 Å². The van der Waals surface area contributed by atoms with E-state index in [1.54, 1.807) is 0 Å². The van der Waals surface area contributed by atoms with E-state index in [0.29, 0.717) is 12.4 Å². The van der Waals surface area contributed by atoms with Crippen molar-refractivity contribution in [3.8, 4) is 5.75 Å². The lowest BCUT2D eigenvalue weighted by atomic mass is 10.2. The number of benzene rings is 1. The lowest BCUT2D eigenvalue weighted by molar-refractivity contribution is -0.140. The Labute approximate surface area is 140 Å². The van der Waals surface area contributed by atoms with E-state index < -0.39 is 7.80 Å². The van der Waals surface area contributed by atoms with Crippen LogP contribution in [0.3, 0.4) is 0 Å². The van der Waals surface area contributed by atoms with Gasteiger partial charge in [0.2, 0.25) is 0 Å². The van der Waals surface area contributed by atoms with E-state index in [0.717, 1.165) is 37.4 Å². The summed E-state index contributed by atoms with van der Waals surface area (Å²) in [6.07, 6.45) is 4.94. The van der Waals surface area contributed by atoms with E-state index in [2.05, 4.69) is 6.92 Å². The zero-order valence-corrected chi connectivity index (χ0v) is 15.5. The summed E-state index contributed by atoms with van der Waals surface area (Å²) in [6, 6.07) is 7.52. The number of rotatable bonds is 11. The number of hydrogen-bond donors (Lipinski definition) is 0. The van der Waals surface area contributed by atoms with Crippen molar-refractivity contribution in [3.63, 3.8) is 0 Å². The summed E-state index contributed by atoms with van der Waals surface area (Å²) in [5, 5.41) is 0.764. The smallest absolute Gasteiger partial charge is 0.302 e. The second kappa shape index (κ2) is 11.3. The number of unbranched alkanes of at least 4 members (excludes halogenated alkanes) is 2. The van der Waals surface area contributed by atoms with Crippen molar-refractivity contribution >= 4 is 19.1 Å². The Balaban J connectivity index is 2.80.